The van der Waals surface area contributed by atoms with Gasteiger partial charge in [0.2, 0.25) is 5.91 Å². The zero-order chi connectivity index (χ0) is 22.1. The van der Waals surface area contributed by atoms with Crippen molar-refractivity contribution in [1.82, 2.24) is 10.2 Å². The van der Waals surface area contributed by atoms with Crippen LogP contribution in [0.25, 0.3) is 0 Å². The highest BCUT2D eigenvalue weighted by Gasteiger charge is 2.42. The van der Waals surface area contributed by atoms with Crippen molar-refractivity contribution in [3.8, 4) is 0 Å². The van der Waals surface area contributed by atoms with Crippen LogP contribution in [-0.2, 0) is 14.3 Å². The predicted octanol–water partition coefficient (Wildman–Crippen LogP) is 3.89. The van der Waals surface area contributed by atoms with Gasteiger partial charge in [0.25, 0.3) is 0 Å². The highest BCUT2D eigenvalue weighted by molar-refractivity contribution is 7.98. The Hall–Kier alpha value is -2.97. The Bertz CT molecular complexity index is 1100. The van der Waals surface area contributed by atoms with Gasteiger partial charge in [-0.25, -0.2) is 9.59 Å². The second-order valence-electron chi connectivity index (χ2n) is 7.19. The molecule has 0 bridgehead atoms. The fourth-order valence-electron chi connectivity index (χ4n) is 3.59. The quantitative estimate of drug-likeness (QED) is 0.525. The van der Waals surface area contributed by atoms with Gasteiger partial charge in [0.15, 0.2) is 0 Å². The summed E-state index contributed by atoms with van der Waals surface area (Å²) in [5, 5.41) is 6.09. The summed E-state index contributed by atoms with van der Waals surface area (Å²) < 4.78 is 5.21. The van der Waals surface area contributed by atoms with Crippen molar-refractivity contribution in [2.24, 2.45) is 0 Å². The van der Waals surface area contributed by atoms with Gasteiger partial charge < -0.3 is 15.4 Å². The molecule has 1 atom stereocenters. The molecule has 0 aliphatic carbocycles. The molecule has 1 unspecified atom stereocenters. The summed E-state index contributed by atoms with van der Waals surface area (Å²) in [6, 6.07) is 11.7. The molecule has 0 aromatic heterocycles. The van der Waals surface area contributed by atoms with Gasteiger partial charge in [0, 0.05) is 15.6 Å². The maximum atomic E-state index is 12.9. The van der Waals surface area contributed by atoms with Gasteiger partial charge >= 0.3 is 12.0 Å². The van der Waals surface area contributed by atoms with E-state index in [1.165, 1.54) is 4.90 Å². The topological polar surface area (TPSA) is 87.7 Å². The van der Waals surface area contributed by atoms with E-state index in [-0.39, 0.29) is 13.2 Å². The van der Waals surface area contributed by atoms with Crippen LogP contribution in [0.1, 0.15) is 17.2 Å². The van der Waals surface area contributed by atoms with E-state index in [0.29, 0.717) is 22.0 Å². The molecule has 2 aromatic carbocycles. The second-order valence-corrected chi connectivity index (χ2v) is 8.50. The highest BCUT2D eigenvalue weighted by Crippen LogP contribution is 2.35. The van der Waals surface area contributed by atoms with Crippen molar-refractivity contribution in [2.45, 2.75) is 17.9 Å². The molecule has 9 heteroatoms. The molecule has 2 N–H and O–H groups in total. The van der Waals surface area contributed by atoms with Gasteiger partial charge in [-0.15, -0.1) is 11.8 Å². The van der Waals surface area contributed by atoms with Crippen LogP contribution in [0.2, 0.25) is 5.02 Å². The van der Waals surface area contributed by atoms with E-state index in [0.717, 1.165) is 16.0 Å². The Kier molecular flexibility index (Phi) is 5.93. The third kappa shape index (κ3) is 4.26. The number of carbonyl (C=O) groups excluding carboxylic acids is 3. The highest BCUT2D eigenvalue weighted by atomic mass is 35.5. The molecule has 0 saturated carbocycles. The van der Waals surface area contributed by atoms with Crippen molar-refractivity contribution in [1.29, 1.82) is 0 Å². The number of anilines is 1. The number of benzene rings is 2. The van der Waals surface area contributed by atoms with Gasteiger partial charge in [0.05, 0.1) is 17.3 Å². The molecule has 160 valence electrons. The third-order valence-corrected chi connectivity index (χ3v) is 6.20. The largest absolute Gasteiger partial charge is 0.456 e. The normalized spacial score (nSPS) is 17.9. The molecule has 2 aliphatic rings. The molecule has 2 aromatic rings. The van der Waals surface area contributed by atoms with Gasteiger partial charge in [-0.3, -0.25) is 9.69 Å². The van der Waals surface area contributed by atoms with Gasteiger partial charge in [-0.1, -0.05) is 29.8 Å². The van der Waals surface area contributed by atoms with E-state index >= 15 is 0 Å². The molecular weight excluding hydrogens is 438 g/mol. The lowest BCUT2D eigenvalue weighted by molar-refractivity contribution is -0.136. The Morgan fingerprint density at radius 1 is 1.26 bits per heavy atom. The van der Waals surface area contributed by atoms with Crippen LogP contribution in [0.3, 0.4) is 0 Å². The molecule has 0 radical (unpaired) electrons. The van der Waals surface area contributed by atoms with Crippen LogP contribution in [0.15, 0.2) is 58.6 Å². The summed E-state index contributed by atoms with van der Waals surface area (Å²) in [5.74, 6) is -0.903. The van der Waals surface area contributed by atoms with Crippen LogP contribution < -0.4 is 10.6 Å². The van der Waals surface area contributed by atoms with Crippen molar-refractivity contribution < 1.29 is 19.1 Å². The maximum absolute atomic E-state index is 12.9. The third-order valence-electron chi connectivity index (χ3n) is 5.22. The first-order chi connectivity index (χ1) is 14.9. The predicted molar refractivity (Wildman–Crippen MR) is 119 cm³/mol. The smallest absolute Gasteiger partial charge is 0.338 e. The first kappa shape index (κ1) is 21.3. The number of esters is 1. The fourth-order valence-corrected chi connectivity index (χ4v) is 4.17. The van der Waals surface area contributed by atoms with Crippen LogP contribution >= 0.6 is 23.4 Å². The molecule has 7 nitrogen and oxygen atoms in total. The van der Waals surface area contributed by atoms with E-state index in [2.05, 4.69) is 10.6 Å². The van der Waals surface area contributed by atoms with E-state index in [1.807, 2.05) is 37.4 Å². The Labute approximate surface area is 188 Å². The molecular formula is C22H20ClN3O4S. The molecule has 2 aliphatic heterocycles. The summed E-state index contributed by atoms with van der Waals surface area (Å²) in [6.45, 7) is 1.53. The summed E-state index contributed by atoms with van der Waals surface area (Å²) in [4.78, 5) is 40.3. The van der Waals surface area contributed by atoms with Crippen molar-refractivity contribution in [3.05, 3.63) is 69.9 Å². The Morgan fingerprint density at radius 3 is 2.71 bits per heavy atom. The number of hydrogen-bond donors (Lipinski definition) is 2. The Balaban J connectivity index is 1.59. The molecule has 0 spiro atoms. The minimum atomic E-state index is -0.622. The van der Waals surface area contributed by atoms with E-state index in [4.69, 9.17) is 16.3 Å². The van der Waals surface area contributed by atoms with Crippen molar-refractivity contribution >= 4 is 47.0 Å². The minimum absolute atomic E-state index is 0.0511. The lowest BCUT2D eigenvalue weighted by Crippen LogP contribution is -2.49. The number of urea groups is 1. The van der Waals surface area contributed by atoms with Crippen molar-refractivity contribution in [3.63, 3.8) is 0 Å². The molecule has 3 amide bonds. The molecule has 0 fully saturated rings. The summed E-state index contributed by atoms with van der Waals surface area (Å²) in [7, 11) is 0. The van der Waals surface area contributed by atoms with Gasteiger partial charge in [-0.05, 0) is 48.6 Å². The minimum Gasteiger partial charge on any atom is -0.456 e. The van der Waals surface area contributed by atoms with E-state index in [1.54, 1.807) is 30.0 Å². The lowest BCUT2D eigenvalue weighted by Gasteiger charge is -2.32. The average molecular weight is 458 g/mol. The second kappa shape index (κ2) is 8.64. The standard InChI is InChI=1S/C22H20ClN3O4S/c1-12-3-6-14(23)9-16(12)24-18(27)10-26-17-11-30-21(28)19(17)20(25-22(26)29)13-4-7-15(31-2)8-5-13/h3-9,20H,10-11H2,1-2H3,(H,24,27)(H,25,29). The number of cyclic esters (lactones) is 1. The number of ether oxygens (including phenoxy) is 1. The van der Waals surface area contributed by atoms with Gasteiger partial charge in [-0.2, -0.15) is 0 Å². The lowest BCUT2D eigenvalue weighted by atomic mass is 9.96. The Morgan fingerprint density at radius 2 is 2.00 bits per heavy atom. The summed E-state index contributed by atoms with van der Waals surface area (Å²) in [5.41, 5.74) is 2.94. The summed E-state index contributed by atoms with van der Waals surface area (Å²) >= 11 is 7.61. The molecule has 2 heterocycles. The number of hydrogen-bond acceptors (Lipinski definition) is 5. The molecule has 31 heavy (non-hydrogen) atoms. The maximum Gasteiger partial charge on any atom is 0.338 e. The number of halogens is 1. The molecule has 0 saturated heterocycles. The van der Waals surface area contributed by atoms with Crippen LogP contribution in [-0.4, -0.2) is 42.2 Å². The summed E-state index contributed by atoms with van der Waals surface area (Å²) in [6.07, 6.45) is 1.97. The zero-order valence-electron chi connectivity index (χ0n) is 16.9. The number of carbonyl (C=O) groups is 3. The monoisotopic (exact) mass is 457 g/mol. The first-order valence-electron chi connectivity index (χ1n) is 9.55. The van der Waals surface area contributed by atoms with Crippen molar-refractivity contribution in [2.75, 3.05) is 24.7 Å². The van der Waals surface area contributed by atoms with E-state index < -0.39 is 23.9 Å². The fraction of sp³-hybridized carbons (Fsp3) is 0.227. The molecule has 4 rings (SSSR count). The first-order valence-corrected chi connectivity index (χ1v) is 11.2. The van der Waals surface area contributed by atoms with Crippen LogP contribution in [0.4, 0.5) is 10.5 Å². The number of rotatable bonds is 5. The SMILES string of the molecule is CSc1ccc(C2NC(=O)N(CC(=O)Nc3cc(Cl)ccc3C)C3=C2C(=O)OC3)cc1. The number of thioether (sulfide) groups is 1. The number of nitrogens with zero attached hydrogens (tertiary/aromatic N) is 1. The van der Waals surface area contributed by atoms with Crippen LogP contribution in [0, 0.1) is 6.92 Å². The number of amides is 3. The van der Waals surface area contributed by atoms with Gasteiger partial charge in [0.1, 0.15) is 13.2 Å². The number of aryl methyl sites for hydroxylation is 1. The number of nitrogens with one attached hydrogen (secondary N) is 2. The van der Waals surface area contributed by atoms with E-state index in [9.17, 15) is 14.4 Å². The average Bonchev–Trinajstić information content (AvgIpc) is 3.14. The van der Waals surface area contributed by atoms with Crippen LogP contribution in [0.5, 0.6) is 0 Å². The zero-order valence-corrected chi connectivity index (χ0v) is 18.5.